The zero-order chi connectivity index (χ0) is 16.9. The average molecular weight is 346 g/mol. The Morgan fingerprint density at radius 2 is 2.30 bits per heavy atom. The number of urea groups is 1. The van der Waals surface area contributed by atoms with Gasteiger partial charge in [-0.2, -0.15) is 23.3 Å². The highest BCUT2D eigenvalue weighted by molar-refractivity contribution is 7.80. The number of fused-ring (bicyclic) bond motifs is 4. The number of carbonyl (C=O) groups is 2. The van der Waals surface area contributed by atoms with E-state index in [0.29, 0.717) is 16.3 Å². The Morgan fingerprint density at radius 1 is 1.61 bits per heavy atom. The van der Waals surface area contributed by atoms with Gasteiger partial charge in [0.15, 0.2) is 0 Å². The minimum atomic E-state index is -4.88. The van der Waals surface area contributed by atoms with Crippen LogP contribution in [-0.2, 0) is 14.7 Å². The van der Waals surface area contributed by atoms with Crippen molar-refractivity contribution in [1.82, 2.24) is 25.1 Å². The first-order chi connectivity index (χ1) is 10.8. The maximum absolute atomic E-state index is 12.3. The van der Waals surface area contributed by atoms with E-state index in [1.807, 2.05) is 0 Å². The summed E-state index contributed by atoms with van der Waals surface area (Å²) in [7, 11) is -3.45. The number of aromatic nitrogens is 2. The lowest BCUT2D eigenvalue weighted by molar-refractivity contribution is -0.0317. The highest BCUT2D eigenvalue weighted by atomic mass is 32.3. The molecule has 126 valence electrons. The SMILES string of the molecule is CNC(=O)n1cc2c(n1)[C@@H](CN)N1C[C@H]2N(OS(=O)(=O)O)C1=O. The Hall–Kier alpha value is -2.22. The molecule has 0 saturated carbocycles. The summed E-state index contributed by atoms with van der Waals surface area (Å²) >= 11 is 0. The fourth-order valence-electron chi connectivity index (χ4n) is 2.79. The van der Waals surface area contributed by atoms with Crippen LogP contribution in [-0.4, -0.2) is 64.9 Å². The van der Waals surface area contributed by atoms with Crippen molar-refractivity contribution >= 4 is 22.5 Å². The van der Waals surface area contributed by atoms with Gasteiger partial charge in [-0.25, -0.2) is 9.59 Å². The van der Waals surface area contributed by atoms with Crippen LogP contribution in [0, 0.1) is 0 Å². The number of hydrogen-bond acceptors (Lipinski definition) is 7. The standard InChI is InChI=1S/C10H14N6O6S/c1-12-9(17)15-3-5-7-4-14(6(2-11)8(5)13-15)10(18)16(7)22-23(19,20)21/h3,6-7H,2,4,11H2,1H3,(H,12,17)(H,19,20,21)/t6-,7-/m1/s1. The Morgan fingerprint density at radius 3 is 2.87 bits per heavy atom. The van der Waals surface area contributed by atoms with Crippen LogP contribution in [0.5, 0.6) is 0 Å². The summed E-state index contributed by atoms with van der Waals surface area (Å²) in [6.07, 6.45) is 1.37. The predicted octanol–water partition coefficient (Wildman–Crippen LogP) is -1.40. The third-order valence-corrected chi connectivity index (χ3v) is 4.08. The van der Waals surface area contributed by atoms with Gasteiger partial charge < -0.3 is 16.0 Å². The van der Waals surface area contributed by atoms with Gasteiger partial charge in [0.25, 0.3) is 0 Å². The molecule has 3 heterocycles. The molecule has 3 amide bonds. The largest absolute Gasteiger partial charge is 0.418 e. The van der Waals surface area contributed by atoms with E-state index >= 15 is 0 Å². The molecule has 0 unspecified atom stereocenters. The fourth-order valence-corrected chi connectivity index (χ4v) is 3.16. The van der Waals surface area contributed by atoms with E-state index in [4.69, 9.17) is 10.3 Å². The summed E-state index contributed by atoms with van der Waals surface area (Å²) in [5, 5.41) is 7.05. The highest BCUT2D eigenvalue weighted by Gasteiger charge is 2.51. The summed E-state index contributed by atoms with van der Waals surface area (Å²) in [5.74, 6) is 0. The average Bonchev–Trinajstić information content (AvgIpc) is 3.03. The lowest BCUT2D eigenvalue weighted by atomic mass is 9.98. The van der Waals surface area contributed by atoms with Crippen molar-refractivity contribution in [3.05, 3.63) is 17.5 Å². The van der Waals surface area contributed by atoms with Gasteiger partial charge in [0, 0.05) is 25.4 Å². The van der Waals surface area contributed by atoms with Gasteiger partial charge in [0.2, 0.25) is 0 Å². The zero-order valence-corrected chi connectivity index (χ0v) is 12.7. The van der Waals surface area contributed by atoms with Gasteiger partial charge >= 0.3 is 22.5 Å². The Labute approximate surface area is 130 Å². The van der Waals surface area contributed by atoms with Crippen LogP contribution in [0.1, 0.15) is 23.3 Å². The van der Waals surface area contributed by atoms with Crippen LogP contribution >= 0.6 is 0 Å². The maximum Gasteiger partial charge on any atom is 0.418 e. The van der Waals surface area contributed by atoms with Crippen molar-refractivity contribution in [1.29, 1.82) is 0 Å². The van der Waals surface area contributed by atoms with E-state index in [9.17, 15) is 18.0 Å². The van der Waals surface area contributed by atoms with Gasteiger partial charge in [0.05, 0.1) is 18.3 Å². The van der Waals surface area contributed by atoms with E-state index in [0.717, 1.165) is 4.68 Å². The van der Waals surface area contributed by atoms with Crippen molar-refractivity contribution in [2.24, 2.45) is 5.73 Å². The third-order valence-electron chi connectivity index (χ3n) is 3.73. The second-order valence-corrected chi connectivity index (χ2v) is 6.00. The number of carbonyl (C=O) groups excluding carboxylic acids is 2. The number of hydroxylamine groups is 2. The molecule has 2 aliphatic heterocycles. The predicted molar refractivity (Wildman–Crippen MR) is 73.2 cm³/mol. The third kappa shape index (κ3) is 2.42. The number of nitrogens with one attached hydrogen (secondary N) is 1. The second kappa shape index (κ2) is 5.16. The minimum absolute atomic E-state index is 0.0237. The molecule has 2 aliphatic rings. The molecule has 1 aromatic rings. The van der Waals surface area contributed by atoms with Gasteiger partial charge in [-0.3, -0.25) is 4.55 Å². The molecule has 3 rings (SSSR count). The number of amides is 3. The molecule has 0 aliphatic carbocycles. The van der Waals surface area contributed by atoms with E-state index < -0.39 is 34.5 Å². The Kier molecular flexibility index (Phi) is 3.51. The van der Waals surface area contributed by atoms with Crippen molar-refractivity contribution in [2.45, 2.75) is 12.1 Å². The second-order valence-electron chi connectivity index (χ2n) is 5.00. The molecule has 12 nitrogen and oxygen atoms in total. The molecule has 1 fully saturated rings. The maximum atomic E-state index is 12.3. The molecular weight excluding hydrogens is 332 g/mol. The number of nitrogens with two attached hydrogens (primary N) is 1. The lowest BCUT2D eigenvalue weighted by Gasteiger charge is -2.28. The molecule has 0 radical (unpaired) electrons. The normalized spacial score (nSPS) is 23.2. The Balaban J connectivity index is 2.06. The van der Waals surface area contributed by atoms with Gasteiger partial charge in [0.1, 0.15) is 6.04 Å². The summed E-state index contributed by atoms with van der Waals surface area (Å²) in [5.41, 5.74) is 6.49. The van der Waals surface area contributed by atoms with Crippen LogP contribution in [0.15, 0.2) is 6.20 Å². The first-order valence-corrected chi connectivity index (χ1v) is 7.91. The van der Waals surface area contributed by atoms with Gasteiger partial charge in [-0.05, 0) is 0 Å². The molecular formula is C10H14N6O6S. The Bertz CT molecular complexity index is 775. The van der Waals surface area contributed by atoms with Crippen LogP contribution in [0.3, 0.4) is 0 Å². The molecule has 13 heteroatoms. The van der Waals surface area contributed by atoms with Gasteiger partial charge in [-0.15, -0.1) is 4.28 Å². The summed E-state index contributed by atoms with van der Waals surface area (Å²) in [6.45, 7) is 0.124. The molecule has 1 saturated heterocycles. The van der Waals surface area contributed by atoms with Crippen LogP contribution in [0.25, 0.3) is 0 Å². The van der Waals surface area contributed by atoms with Crippen molar-refractivity contribution in [3.63, 3.8) is 0 Å². The summed E-state index contributed by atoms with van der Waals surface area (Å²) in [6, 6.07) is -2.72. The quantitative estimate of drug-likeness (QED) is 0.563. The lowest BCUT2D eigenvalue weighted by Crippen LogP contribution is -2.38. The summed E-state index contributed by atoms with van der Waals surface area (Å²) < 4.78 is 36.2. The first-order valence-electron chi connectivity index (χ1n) is 6.55. The van der Waals surface area contributed by atoms with E-state index in [-0.39, 0.29) is 13.1 Å². The van der Waals surface area contributed by atoms with Crippen LogP contribution in [0.2, 0.25) is 0 Å². The van der Waals surface area contributed by atoms with Crippen molar-refractivity contribution < 1.29 is 26.8 Å². The molecule has 2 atom stereocenters. The summed E-state index contributed by atoms with van der Waals surface area (Å²) in [4.78, 5) is 25.2. The topological polar surface area (TPSA) is 160 Å². The smallest absolute Gasteiger partial charge is 0.339 e. The number of hydrogen-bond donors (Lipinski definition) is 3. The zero-order valence-electron chi connectivity index (χ0n) is 11.9. The molecule has 4 N–H and O–H groups in total. The van der Waals surface area contributed by atoms with Crippen LogP contribution in [0.4, 0.5) is 9.59 Å². The highest BCUT2D eigenvalue weighted by Crippen LogP contribution is 2.43. The molecule has 0 aromatic carbocycles. The number of rotatable bonds is 3. The van der Waals surface area contributed by atoms with Crippen LogP contribution < -0.4 is 11.1 Å². The molecule has 1 aromatic heterocycles. The van der Waals surface area contributed by atoms with E-state index in [1.54, 1.807) is 0 Å². The fraction of sp³-hybridized carbons (Fsp3) is 0.500. The molecule has 2 bridgehead atoms. The van der Waals surface area contributed by atoms with E-state index in [2.05, 4.69) is 14.7 Å². The minimum Gasteiger partial charge on any atom is -0.339 e. The molecule has 23 heavy (non-hydrogen) atoms. The van der Waals surface area contributed by atoms with E-state index in [1.165, 1.54) is 18.1 Å². The number of nitrogens with zero attached hydrogens (tertiary/aromatic N) is 4. The van der Waals surface area contributed by atoms with Crippen molar-refractivity contribution in [2.75, 3.05) is 20.1 Å². The first kappa shape index (κ1) is 15.7. The monoisotopic (exact) mass is 346 g/mol. The molecule has 0 spiro atoms. The van der Waals surface area contributed by atoms with Crippen molar-refractivity contribution in [3.8, 4) is 0 Å². The van der Waals surface area contributed by atoms with Gasteiger partial charge in [-0.1, -0.05) is 0 Å².